The average Bonchev–Trinajstić information content (AvgIpc) is 3.32. The lowest BCUT2D eigenvalue weighted by molar-refractivity contribution is -0.160. The largest absolute Gasteiger partial charge is 0.445 e. The summed E-state index contributed by atoms with van der Waals surface area (Å²) in [5.41, 5.74) is 6.13. The van der Waals surface area contributed by atoms with Gasteiger partial charge in [0.25, 0.3) is 11.8 Å². The van der Waals surface area contributed by atoms with Crippen molar-refractivity contribution in [3.05, 3.63) is 22.3 Å². The molecule has 1 unspecified atom stereocenters. The number of nitrogens with two attached hydrogens (primary N) is 1. The van der Waals surface area contributed by atoms with E-state index in [-0.39, 0.29) is 34.3 Å². The predicted octanol–water partition coefficient (Wildman–Crippen LogP) is 2.27. The molecule has 39 heavy (non-hydrogen) atoms. The summed E-state index contributed by atoms with van der Waals surface area (Å²) in [6.45, 7) is 6.18. The number of nitrogen functional groups attached to an aromatic ring is 1. The van der Waals surface area contributed by atoms with Crippen LogP contribution in [0.25, 0.3) is 0 Å². The van der Waals surface area contributed by atoms with E-state index >= 15 is 0 Å². The summed E-state index contributed by atoms with van der Waals surface area (Å²) in [4.78, 5) is 43.8. The number of hydrogen-bond acceptors (Lipinski definition) is 13. The highest BCUT2D eigenvalue weighted by atomic mass is 32.2. The molecule has 0 aliphatic carbocycles. The van der Waals surface area contributed by atoms with E-state index in [9.17, 15) is 19.6 Å². The van der Waals surface area contributed by atoms with Crippen LogP contribution in [0.15, 0.2) is 21.8 Å². The third-order valence-corrected chi connectivity index (χ3v) is 8.80. The first-order valence-corrected chi connectivity index (χ1v) is 14.7. The molecule has 1 aromatic rings. The van der Waals surface area contributed by atoms with Gasteiger partial charge in [-0.25, -0.2) is 4.98 Å². The number of oxime groups is 1. The molecule has 3 aliphatic heterocycles. The topological polar surface area (TPSA) is 166 Å². The Morgan fingerprint density at radius 3 is 2.67 bits per heavy atom. The molecule has 212 valence electrons. The molecule has 4 heterocycles. The van der Waals surface area contributed by atoms with Crippen LogP contribution in [0.5, 0.6) is 0 Å². The number of anilines is 1. The van der Waals surface area contributed by atoms with Crippen molar-refractivity contribution in [2.75, 3.05) is 31.5 Å². The minimum absolute atomic E-state index is 0.0535. The highest BCUT2D eigenvalue weighted by Crippen LogP contribution is 2.43. The smallest absolute Gasteiger partial charge is 0.314 e. The third kappa shape index (κ3) is 6.53. The molecule has 4 N–H and O–H groups in total. The molecule has 3 aliphatic rings. The Bertz CT molecular complexity index is 1200. The molecule has 1 aromatic heterocycles. The van der Waals surface area contributed by atoms with E-state index in [0.717, 1.165) is 36.2 Å². The molecule has 2 fully saturated rings. The summed E-state index contributed by atoms with van der Waals surface area (Å²) in [7, 11) is 0. The molecule has 2 saturated heterocycles. The molecule has 0 bridgehead atoms. The molecule has 15 heteroatoms. The van der Waals surface area contributed by atoms with Crippen molar-refractivity contribution in [2.24, 2.45) is 16.5 Å². The van der Waals surface area contributed by atoms with E-state index in [1.807, 2.05) is 0 Å². The molecule has 4 rings (SSSR count). The van der Waals surface area contributed by atoms with Gasteiger partial charge in [0.05, 0.1) is 11.1 Å². The molecule has 0 aromatic carbocycles. The van der Waals surface area contributed by atoms with Crippen molar-refractivity contribution in [2.45, 2.75) is 51.4 Å². The van der Waals surface area contributed by atoms with Crippen LogP contribution in [0, 0.1) is 11.3 Å². The summed E-state index contributed by atoms with van der Waals surface area (Å²) in [6, 6.07) is -0.878. The van der Waals surface area contributed by atoms with Crippen LogP contribution in [0.2, 0.25) is 0 Å². The molecular weight excluding hydrogens is 566 g/mol. The zero-order chi connectivity index (χ0) is 28.3. The highest BCUT2D eigenvalue weighted by Gasteiger charge is 2.54. The number of β-lactam (4-membered cyclic amide) rings is 1. The molecule has 12 nitrogen and oxygen atoms in total. The Hall–Kier alpha value is -2.75. The number of fused-ring (bicyclic) bond motifs is 1. The van der Waals surface area contributed by atoms with Crippen LogP contribution in [0.3, 0.4) is 0 Å². The maximum absolute atomic E-state index is 13.4. The van der Waals surface area contributed by atoms with Crippen molar-refractivity contribution in [1.29, 1.82) is 0 Å². The molecular formula is C24H31N5O7S3. The lowest BCUT2D eigenvalue weighted by Crippen LogP contribution is -2.71. The van der Waals surface area contributed by atoms with Gasteiger partial charge in [-0.1, -0.05) is 5.16 Å². The number of amides is 2. The first-order valence-electron chi connectivity index (χ1n) is 12.3. The molecule has 0 spiro atoms. The summed E-state index contributed by atoms with van der Waals surface area (Å²) in [6.07, 6.45) is 2.52. The number of carbonyl (C=O) groups is 3. The number of thiocarbonyl (C=S) groups is 1. The fourth-order valence-corrected chi connectivity index (χ4v) is 6.57. The van der Waals surface area contributed by atoms with Crippen molar-refractivity contribution in [1.82, 2.24) is 15.2 Å². The Balaban J connectivity index is 1.49. The van der Waals surface area contributed by atoms with Gasteiger partial charge in [-0.2, -0.15) is 0 Å². The SMILES string of the molecule is CC(C)(C)C(=O)OCOC(=S)C1=C(CC2CCOCC2)CS[C@@H]2C(NC(=O)/C(=N\O)c3csc(N)n3)C(=O)N12. The van der Waals surface area contributed by atoms with Crippen molar-refractivity contribution in [3.63, 3.8) is 0 Å². The lowest BCUT2D eigenvalue weighted by atomic mass is 9.91. The second-order valence-corrected chi connectivity index (χ2v) is 12.7. The van der Waals surface area contributed by atoms with Crippen molar-refractivity contribution < 1.29 is 33.8 Å². The number of esters is 1. The number of rotatable bonds is 8. The van der Waals surface area contributed by atoms with E-state index in [4.69, 9.17) is 32.2 Å². The van der Waals surface area contributed by atoms with Gasteiger partial charge in [0, 0.05) is 24.3 Å². The second-order valence-electron chi connectivity index (χ2n) is 10.3. The van der Waals surface area contributed by atoms with E-state index in [2.05, 4.69) is 15.5 Å². The number of thiazole rings is 1. The quantitative estimate of drug-likeness (QED) is 0.0765. The van der Waals surface area contributed by atoms with E-state index in [0.29, 0.717) is 30.6 Å². The van der Waals surface area contributed by atoms with Gasteiger partial charge >= 0.3 is 5.97 Å². The third-order valence-electron chi connectivity index (χ3n) is 6.48. The summed E-state index contributed by atoms with van der Waals surface area (Å²) >= 11 is 8.17. The van der Waals surface area contributed by atoms with Gasteiger partial charge in [0.1, 0.15) is 17.1 Å². The average molecular weight is 598 g/mol. The number of aromatic nitrogens is 1. The van der Waals surface area contributed by atoms with Crippen LogP contribution in [-0.2, 0) is 28.6 Å². The molecule has 2 amide bonds. The predicted molar refractivity (Wildman–Crippen MR) is 149 cm³/mol. The molecule has 0 radical (unpaired) electrons. The van der Waals surface area contributed by atoms with Crippen LogP contribution in [0.4, 0.5) is 5.13 Å². The van der Waals surface area contributed by atoms with E-state index < -0.39 is 28.7 Å². The van der Waals surface area contributed by atoms with Gasteiger partial charge < -0.3 is 30.5 Å². The van der Waals surface area contributed by atoms with Gasteiger partial charge in [-0.05, 0) is 63.7 Å². The number of nitrogens with zero attached hydrogens (tertiary/aromatic N) is 3. The minimum atomic E-state index is -0.878. The number of thioether (sulfide) groups is 1. The Labute approximate surface area is 239 Å². The van der Waals surface area contributed by atoms with Crippen LogP contribution in [-0.4, -0.2) is 80.8 Å². The van der Waals surface area contributed by atoms with Crippen molar-refractivity contribution >= 4 is 69.0 Å². The number of carbonyl (C=O) groups excluding carboxylic acids is 3. The van der Waals surface area contributed by atoms with E-state index in [1.165, 1.54) is 22.0 Å². The Kier molecular flexibility index (Phi) is 9.14. The first-order chi connectivity index (χ1) is 18.5. The molecule has 2 atom stereocenters. The normalized spacial score (nSPS) is 22.2. The Morgan fingerprint density at radius 2 is 2.05 bits per heavy atom. The zero-order valence-electron chi connectivity index (χ0n) is 21.8. The number of hydrogen-bond donors (Lipinski definition) is 3. The van der Waals surface area contributed by atoms with E-state index in [1.54, 1.807) is 20.8 Å². The fraction of sp³-hybridized carbons (Fsp3) is 0.583. The zero-order valence-corrected chi connectivity index (χ0v) is 24.2. The Morgan fingerprint density at radius 1 is 1.33 bits per heavy atom. The van der Waals surface area contributed by atoms with Gasteiger partial charge in [-0.3, -0.25) is 19.3 Å². The standard InChI is InChI=1S/C24H31N5O7S3/c1-24(2,3)22(32)36-11-35-21(37)17-13(8-12-4-6-34-7-5-12)9-38-20-16(19(31)29(17)20)27-18(30)15(28-33)14-10-39-23(25)26-14/h10,12,16,20,33H,4-9,11H2,1-3H3,(H2,25,26)(H,27,30)/b28-15-/t16?,20-/m1/s1. The number of ether oxygens (including phenoxy) is 3. The monoisotopic (exact) mass is 597 g/mol. The highest BCUT2D eigenvalue weighted by molar-refractivity contribution is 8.00. The summed E-state index contributed by atoms with van der Waals surface area (Å²) < 4.78 is 16.3. The first kappa shape index (κ1) is 29.2. The minimum Gasteiger partial charge on any atom is -0.445 e. The maximum atomic E-state index is 13.4. The second kappa shape index (κ2) is 12.2. The van der Waals surface area contributed by atoms with Crippen LogP contribution < -0.4 is 11.1 Å². The van der Waals surface area contributed by atoms with Crippen LogP contribution in [0.1, 0.15) is 45.7 Å². The van der Waals surface area contributed by atoms with Gasteiger partial charge in [0.2, 0.25) is 11.8 Å². The molecule has 0 saturated carbocycles. The summed E-state index contributed by atoms with van der Waals surface area (Å²) in [5, 5.41) is 16.4. The van der Waals surface area contributed by atoms with Gasteiger partial charge in [-0.15, -0.1) is 23.1 Å². The van der Waals surface area contributed by atoms with Crippen molar-refractivity contribution in [3.8, 4) is 0 Å². The fourth-order valence-electron chi connectivity index (χ4n) is 4.37. The van der Waals surface area contributed by atoms with Crippen LogP contribution >= 0.6 is 35.3 Å². The lowest BCUT2D eigenvalue weighted by Gasteiger charge is -2.50. The summed E-state index contributed by atoms with van der Waals surface area (Å²) in [5.74, 6) is -0.629. The maximum Gasteiger partial charge on any atom is 0.314 e. The number of nitrogens with one attached hydrogen (secondary N) is 1. The van der Waals surface area contributed by atoms with Gasteiger partial charge in [0.15, 0.2) is 10.8 Å².